The number of fused-ring (bicyclic) bond motifs is 1. The summed E-state index contributed by atoms with van der Waals surface area (Å²) in [5.41, 5.74) is 0.197. The van der Waals surface area contributed by atoms with E-state index in [1.165, 1.54) is 6.07 Å². The van der Waals surface area contributed by atoms with Crippen LogP contribution < -0.4 is 10.9 Å². The molecule has 0 radical (unpaired) electrons. The second kappa shape index (κ2) is 7.03. The molecule has 3 aromatic carbocycles. The number of nitrogens with one attached hydrogen (secondary N) is 1. The molecule has 1 heterocycles. The zero-order valence-corrected chi connectivity index (χ0v) is 14.4. The summed E-state index contributed by atoms with van der Waals surface area (Å²) < 4.78 is 27.7. The molecule has 0 bridgehead atoms. The molecule has 1 N–H and O–H groups in total. The van der Waals surface area contributed by atoms with Gasteiger partial charge in [0.05, 0.1) is 11.1 Å². The first-order valence-corrected chi connectivity index (χ1v) is 8.38. The number of aromatic nitrogens is 2. The van der Waals surface area contributed by atoms with Crippen LogP contribution in [0.25, 0.3) is 16.5 Å². The van der Waals surface area contributed by atoms with E-state index in [-0.39, 0.29) is 16.9 Å². The largest absolute Gasteiger partial charge is 0.320 e. The van der Waals surface area contributed by atoms with Crippen LogP contribution in [0.3, 0.4) is 0 Å². The summed E-state index contributed by atoms with van der Waals surface area (Å²) in [5, 5.41) is 7.40. The molecule has 0 aliphatic carbocycles. The van der Waals surface area contributed by atoms with Crippen molar-refractivity contribution in [2.75, 3.05) is 5.32 Å². The first-order chi connectivity index (χ1) is 13.5. The number of carbonyl (C=O) groups is 1. The van der Waals surface area contributed by atoms with E-state index >= 15 is 0 Å². The molecule has 28 heavy (non-hydrogen) atoms. The Bertz CT molecular complexity index is 1250. The average Bonchev–Trinajstić information content (AvgIpc) is 2.72. The predicted octanol–water partition coefficient (Wildman–Crippen LogP) is 3.92. The zero-order valence-electron chi connectivity index (χ0n) is 14.4. The number of amides is 1. The van der Waals surface area contributed by atoms with Crippen molar-refractivity contribution in [3.05, 3.63) is 100 Å². The average molecular weight is 377 g/mol. The molecule has 0 saturated heterocycles. The lowest BCUT2D eigenvalue weighted by Gasteiger charge is -2.11. The van der Waals surface area contributed by atoms with Crippen molar-refractivity contribution in [1.29, 1.82) is 0 Å². The molecule has 0 aliphatic rings. The van der Waals surface area contributed by atoms with Crippen LogP contribution in [0.4, 0.5) is 14.5 Å². The molecular formula is C21H13F2N3O2. The van der Waals surface area contributed by atoms with Crippen LogP contribution in [0.15, 0.2) is 77.6 Å². The summed E-state index contributed by atoms with van der Waals surface area (Å²) in [6.07, 6.45) is 0. The molecule has 4 aromatic rings. The maximum absolute atomic E-state index is 13.4. The molecule has 0 aliphatic heterocycles. The van der Waals surface area contributed by atoms with Gasteiger partial charge in [-0.15, -0.1) is 0 Å². The van der Waals surface area contributed by atoms with Gasteiger partial charge in [0.2, 0.25) is 0 Å². The molecule has 0 spiro atoms. The Kier molecular flexibility index (Phi) is 4.41. The van der Waals surface area contributed by atoms with E-state index in [1.807, 2.05) is 0 Å². The number of hydrogen-bond donors (Lipinski definition) is 1. The fourth-order valence-corrected chi connectivity index (χ4v) is 2.87. The highest BCUT2D eigenvalue weighted by Crippen LogP contribution is 2.18. The standard InChI is InChI=1S/C21H13F2N3O2/c22-17-11-10-13(12-18(17)23)24-20(27)19-15-8-4-5-9-16(15)21(28)26(25-19)14-6-2-1-3-7-14/h1-12H,(H,24,27). The van der Waals surface area contributed by atoms with Gasteiger partial charge in [0, 0.05) is 17.1 Å². The number of carbonyl (C=O) groups excluding carboxylic acids is 1. The van der Waals surface area contributed by atoms with Crippen molar-refractivity contribution in [2.45, 2.75) is 0 Å². The lowest BCUT2D eigenvalue weighted by molar-refractivity contribution is 0.102. The van der Waals surface area contributed by atoms with Crippen molar-refractivity contribution < 1.29 is 13.6 Å². The molecular weight excluding hydrogens is 364 g/mol. The number of para-hydroxylation sites is 1. The maximum Gasteiger partial charge on any atom is 0.279 e. The summed E-state index contributed by atoms with van der Waals surface area (Å²) in [7, 11) is 0. The van der Waals surface area contributed by atoms with Crippen LogP contribution in [-0.2, 0) is 0 Å². The lowest BCUT2D eigenvalue weighted by Crippen LogP contribution is -2.26. The molecule has 5 nitrogen and oxygen atoms in total. The molecule has 0 saturated carbocycles. The Labute approximate surface area is 157 Å². The Morgan fingerprint density at radius 1 is 0.857 bits per heavy atom. The molecule has 1 amide bonds. The second-order valence-corrected chi connectivity index (χ2v) is 6.03. The van der Waals surface area contributed by atoms with Gasteiger partial charge in [-0.2, -0.15) is 9.78 Å². The van der Waals surface area contributed by atoms with Gasteiger partial charge in [-0.25, -0.2) is 8.78 Å². The van der Waals surface area contributed by atoms with Crippen LogP contribution in [0.1, 0.15) is 10.5 Å². The third-order valence-electron chi connectivity index (χ3n) is 4.20. The van der Waals surface area contributed by atoms with Gasteiger partial charge in [-0.05, 0) is 30.3 Å². The molecule has 7 heteroatoms. The number of hydrogen-bond acceptors (Lipinski definition) is 3. The van der Waals surface area contributed by atoms with Gasteiger partial charge < -0.3 is 5.32 Å². The highest BCUT2D eigenvalue weighted by atomic mass is 19.2. The minimum Gasteiger partial charge on any atom is -0.320 e. The topological polar surface area (TPSA) is 64.0 Å². The van der Waals surface area contributed by atoms with E-state index in [0.29, 0.717) is 16.5 Å². The quantitative estimate of drug-likeness (QED) is 0.589. The first-order valence-electron chi connectivity index (χ1n) is 8.38. The van der Waals surface area contributed by atoms with Crippen LogP contribution in [0, 0.1) is 11.6 Å². The number of anilines is 1. The van der Waals surface area contributed by atoms with Gasteiger partial charge in [0.1, 0.15) is 0 Å². The van der Waals surface area contributed by atoms with Gasteiger partial charge in [0.25, 0.3) is 11.5 Å². The molecule has 0 fully saturated rings. The fourth-order valence-electron chi connectivity index (χ4n) is 2.87. The summed E-state index contributed by atoms with van der Waals surface area (Å²) in [6.45, 7) is 0. The van der Waals surface area contributed by atoms with E-state index in [0.717, 1.165) is 16.8 Å². The van der Waals surface area contributed by atoms with Crippen LogP contribution in [-0.4, -0.2) is 15.7 Å². The number of halogens is 2. The predicted molar refractivity (Wildman–Crippen MR) is 102 cm³/mol. The minimum absolute atomic E-state index is 0.0104. The Morgan fingerprint density at radius 3 is 2.25 bits per heavy atom. The highest BCUT2D eigenvalue weighted by molar-refractivity contribution is 6.11. The number of nitrogens with zero attached hydrogens (tertiary/aromatic N) is 2. The van der Waals surface area contributed by atoms with Gasteiger partial charge in [-0.1, -0.05) is 36.4 Å². The maximum atomic E-state index is 13.4. The highest BCUT2D eigenvalue weighted by Gasteiger charge is 2.18. The monoisotopic (exact) mass is 377 g/mol. The SMILES string of the molecule is O=C(Nc1ccc(F)c(F)c1)c1nn(-c2ccccc2)c(=O)c2ccccc12. The summed E-state index contributed by atoms with van der Waals surface area (Å²) in [5.74, 6) is -2.74. The van der Waals surface area contributed by atoms with E-state index < -0.39 is 17.5 Å². The Morgan fingerprint density at radius 2 is 1.54 bits per heavy atom. The van der Waals surface area contributed by atoms with Crippen molar-refractivity contribution in [3.63, 3.8) is 0 Å². The summed E-state index contributed by atoms with van der Waals surface area (Å²) >= 11 is 0. The third kappa shape index (κ3) is 3.14. The molecule has 1 aromatic heterocycles. The van der Waals surface area contributed by atoms with Gasteiger partial charge in [0.15, 0.2) is 17.3 Å². The van der Waals surface area contributed by atoms with Crippen molar-refractivity contribution >= 4 is 22.4 Å². The van der Waals surface area contributed by atoms with E-state index in [4.69, 9.17) is 0 Å². The van der Waals surface area contributed by atoms with Crippen LogP contribution >= 0.6 is 0 Å². The fraction of sp³-hybridized carbons (Fsp3) is 0. The summed E-state index contributed by atoms with van der Waals surface area (Å²) in [4.78, 5) is 25.6. The van der Waals surface area contributed by atoms with Crippen molar-refractivity contribution in [3.8, 4) is 5.69 Å². The van der Waals surface area contributed by atoms with Crippen molar-refractivity contribution in [2.24, 2.45) is 0 Å². The Hall–Kier alpha value is -3.87. The van der Waals surface area contributed by atoms with Crippen molar-refractivity contribution in [1.82, 2.24) is 9.78 Å². The molecule has 4 rings (SSSR count). The van der Waals surface area contributed by atoms with Gasteiger partial charge >= 0.3 is 0 Å². The molecule has 0 unspecified atom stereocenters. The number of rotatable bonds is 3. The van der Waals surface area contributed by atoms with Crippen LogP contribution in [0.5, 0.6) is 0 Å². The molecule has 138 valence electrons. The second-order valence-electron chi connectivity index (χ2n) is 6.03. The smallest absolute Gasteiger partial charge is 0.279 e. The first kappa shape index (κ1) is 17.5. The third-order valence-corrected chi connectivity index (χ3v) is 4.20. The normalized spacial score (nSPS) is 10.8. The van der Waals surface area contributed by atoms with Crippen LogP contribution in [0.2, 0.25) is 0 Å². The summed E-state index contributed by atoms with van der Waals surface area (Å²) in [6, 6.07) is 18.3. The van der Waals surface area contributed by atoms with E-state index in [9.17, 15) is 18.4 Å². The van der Waals surface area contributed by atoms with Gasteiger partial charge in [-0.3, -0.25) is 9.59 Å². The molecule has 0 atom stereocenters. The van der Waals surface area contributed by atoms with E-state index in [1.54, 1.807) is 54.6 Å². The minimum atomic E-state index is -1.08. The number of benzene rings is 3. The lowest BCUT2D eigenvalue weighted by atomic mass is 10.1. The van der Waals surface area contributed by atoms with E-state index in [2.05, 4.69) is 10.4 Å². The zero-order chi connectivity index (χ0) is 19.7. The Balaban J connectivity index is 1.86.